The SMILES string of the molecule is C=CCOc1ccc(/C=C2/NC(=O)N(CCC)C2=O)cc1Br. The van der Waals surface area contributed by atoms with E-state index in [9.17, 15) is 9.59 Å². The molecule has 1 heterocycles. The standard InChI is InChI=1S/C16H17BrN2O3/c1-3-7-19-15(20)13(18-16(19)21)10-11-5-6-14(12(17)9-11)22-8-4-2/h4-6,9-10H,2-3,7-8H2,1H3,(H,18,21)/b13-10+. The van der Waals surface area contributed by atoms with Gasteiger partial charge in [-0.15, -0.1) is 0 Å². The number of ether oxygens (including phenoxy) is 1. The molecule has 1 aliphatic rings. The Morgan fingerprint density at radius 2 is 2.18 bits per heavy atom. The number of hydrogen-bond donors (Lipinski definition) is 1. The first-order chi connectivity index (χ1) is 10.6. The highest BCUT2D eigenvalue weighted by Crippen LogP contribution is 2.27. The molecule has 0 saturated carbocycles. The molecule has 0 aromatic heterocycles. The molecule has 1 aromatic rings. The van der Waals surface area contributed by atoms with E-state index >= 15 is 0 Å². The van der Waals surface area contributed by atoms with Crippen molar-refractivity contribution in [1.82, 2.24) is 10.2 Å². The molecule has 2 rings (SSSR count). The second kappa shape index (κ2) is 7.26. The van der Waals surface area contributed by atoms with E-state index in [-0.39, 0.29) is 17.6 Å². The maximum Gasteiger partial charge on any atom is 0.329 e. The van der Waals surface area contributed by atoms with Gasteiger partial charge in [0.2, 0.25) is 0 Å². The fourth-order valence-electron chi connectivity index (χ4n) is 2.04. The molecule has 3 amide bonds. The fourth-order valence-corrected chi connectivity index (χ4v) is 2.55. The van der Waals surface area contributed by atoms with Crippen LogP contribution < -0.4 is 10.1 Å². The zero-order valence-electron chi connectivity index (χ0n) is 12.3. The molecule has 22 heavy (non-hydrogen) atoms. The van der Waals surface area contributed by atoms with E-state index in [1.54, 1.807) is 18.2 Å². The molecule has 0 aliphatic carbocycles. The average molecular weight is 365 g/mol. The van der Waals surface area contributed by atoms with E-state index in [2.05, 4.69) is 27.8 Å². The van der Waals surface area contributed by atoms with E-state index in [1.807, 2.05) is 19.1 Å². The number of nitrogens with zero attached hydrogens (tertiary/aromatic N) is 1. The lowest BCUT2D eigenvalue weighted by molar-refractivity contribution is -0.122. The Hall–Kier alpha value is -2.08. The fraction of sp³-hybridized carbons (Fsp3) is 0.250. The van der Waals surface area contributed by atoms with Crippen molar-refractivity contribution in [2.75, 3.05) is 13.2 Å². The van der Waals surface area contributed by atoms with Gasteiger partial charge in [-0.3, -0.25) is 9.69 Å². The van der Waals surface area contributed by atoms with Crippen LogP contribution in [0, 0.1) is 0 Å². The number of halogens is 1. The molecule has 1 N–H and O–H groups in total. The number of hydrogen-bond acceptors (Lipinski definition) is 3. The maximum atomic E-state index is 12.1. The smallest absolute Gasteiger partial charge is 0.329 e. The Morgan fingerprint density at radius 1 is 1.41 bits per heavy atom. The predicted octanol–water partition coefficient (Wildman–Crippen LogP) is 3.32. The van der Waals surface area contributed by atoms with Crippen molar-refractivity contribution in [3.63, 3.8) is 0 Å². The second-order valence-electron chi connectivity index (χ2n) is 4.73. The van der Waals surface area contributed by atoms with Crippen LogP contribution in [0.25, 0.3) is 6.08 Å². The highest BCUT2D eigenvalue weighted by molar-refractivity contribution is 9.10. The van der Waals surface area contributed by atoms with Crippen molar-refractivity contribution in [3.05, 3.63) is 46.6 Å². The number of rotatable bonds is 6. The Labute approximate surface area is 137 Å². The molecule has 116 valence electrons. The van der Waals surface area contributed by atoms with E-state index in [4.69, 9.17) is 4.74 Å². The summed E-state index contributed by atoms with van der Waals surface area (Å²) in [5.74, 6) is 0.395. The molecule has 6 heteroatoms. The first-order valence-electron chi connectivity index (χ1n) is 6.94. The molecule has 1 saturated heterocycles. The van der Waals surface area contributed by atoms with Crippen LogP contribution in [0.1, 0.15) is 18.9 Å². The summed E-state index contributed by atoms with van der Waals surface area (Å²) in [5, 5.41) is 2.59. The summed E-state index contributed by atoms with van der Waals surface area (Å²) in [4.78, 5) is 25.1. The third kappa shape index (κ3) is 3.57. The summed E-state index contributed by atoms with van der Waals surface area (Å²) in [5.41, 5.74) is 1.07. The van der Waals surface area contributed by atoms with Crippen molar-refractivity contribution >= 4 is 33.9 Å². The summed E-state index contributed by atoms with van der Waals surface area (Å²) in [6.45, 7) is 6.35. The zero-order chi connectivity index (χ0) is 16.1. The third-order valence-electron chi connectivity index (χ3n) is 3.03. The van der Waals surface area contributed by atoms with Crippen LogP contribution in [0.5, 0.6) is 5.75 Å². The quantitative estimate of drug-likeness (QED) is 0.478. The van der Waals surface area contributed by atoms with Gasteiger partial charge < -0.3 is 10.1 Å². The first-order valence-corrected chi connectivity index (χ1v) is 7.74. The Morgan fingerprint density at radius 3 is 2.82 bits per heavy atom. The van der Waals surface area contributed by atoms with E-state index in [0.29, 0.717) is 18.9 Å². The summed E-state index contributed by atoms with van der Waals surface area (Å²) < 4.78 is 6.24. The maximum absolute atomic E-state index is 12.1. The normalized spacial score (nSPS) is 16.1. The predicted molar refractivity (Wildman–Crippen MR) is 88.3 cm³/mol. The van der Waals surface area contributed by atoms with E-state index in [1.165, 1.54) is 4.90 Å². The van der Waals surface area contributed by atoms with Gasteiger partial charge in [-0.25, -0.2) is 4.79 Å². The number of amides is 3. The molecule has 1 aliphatic heterocycles. The van der Waals surface area contributed by atoms with Gasteiger partial charge in [0.15, 0.2) is 0 Å². The first kappa shape index (κ1) is 16.3. The minimum atomic E-state index is -0.372. The van der Waals surface area contributed by atoms with Crippen molar-refractivity contribution in [2.45, 2.75) is 13.3 Å². The molecule has 0 radical (unpaired) electrons. The number of benzene rings is 1. The van der Waals surface area contributed by atoms with Gasteiger partial charge in [0.25, 0.3) is 5.91 Å². The van der Waals surface area contributed by atoms with E-state index in [0.717, 1.165) is 16.5 Å². The lowest BCUT2D eigenvalue weighted by atomic mass is 10.2. The molecule has 0 bridgehead atoms. The van der Waals surface area contributed by atoms with Crippen LogP contribution in [-0.4, -0.2) is 30.0 Å². The molecule has 1 fully saturated rings. The van der Waals surface area contributed by atoms with Gasteiger partial charge in [0, 0.05) is 6.54 Å². The largest absolute Gasteiger partial charge is 0.488 e. The highest BCUT2D eigenvalue weighted by Gasteiger charge is 2.32. The van der Waals surface area contributed by atoms with Crippen LogP contribution in [0.4, 0.5) is 4.79 Å². The summed E-state index contributed by atoms with van der Waals surface area (Å²) in [7, 11) is 0. The molecule has 5 nitrogen and oxygen atoms in total. The van der Waals surface area contributed by atoms with Crippen LogP contribution in [-0.2, 0) is 4.79 Å². The Kier molecular flexibility index (Phi) is 5.38. The summed E-state index contributed by atoms with van der Waals surface area (Å²) in [6, 6.07) is 5.07. The molecular formula is C16H17BrN2O3. The number of imide groups is 1. The number of carbonyl (C=O) groups excluding carboxylic acids is 2. The number of nitrogens with one attached hydrogen (secondary N) is 1. The van der Waals surface area contributed by atoms with Gasteiger partial charge in [-0.05, 0) is 46.1 Å². The number of carbonyl (C=O) groups is 2. The van der Waals surface area contributed by atoms with Crippen LogP contribution in [0.3, 0.4) is 0 Å². The van der Waals surface area contributed by atoms with Gasteiger partial charge in [0.05, 0.1) is 4.47 Å². The number of urea groups is 1. The summed E-state index contributed by atoms with van der Waals surface area (Å²) >= 11 is 3.42. The Balaban J connectivity index is 2.19. The highest BCUT2D eigenvalue weighted by atomic mass is 79.9. The monoisotopic (exact) mass is 364 g/mol. The van der Waals surface area contributed by atoms with Gasteiger partial charge in [-0.2, -0.15) is 0 Å². The van der Waals surface area contributed by atoms with Crippen molar-refractivity contribution in [1.29, 1.82) is 0 Å². The lowest BCUT2D eigenvalue weighted by Crippen LogP contribution is -2.31. The minimum Gasteiger partial charge on any atom is -0.488 e. The molecule has 0 atom stereocenters. The van der Waals surface area contributed by atoms with Crippen LogP contribution >= 0.6 is 15.9 Å². The second-order valence-corrected chi connectivity index (χ2v) is 5.59. The minimum absolute atomic E-state index is 0.283. The van der Waals surface area contributed by atoms with Gasteiger partial charge in [-0.1, -0.05) is 25.6 Å². The average Bonchev–Trinajstić information content (AvgIpc) is 2.74. The van der Waals surface area contributed by atoms with Gasteiger partial charge >= 0.3 is 6.03 Å². The molecule has 0 spiro atoms. The van der Waals surface area contributed by atoms with Gasteiger partial charge in [0.1, 0.15) is 18.1 Å². The van der Waals surface area contributed by atoms with E-state index < -0.39 is 0 Å². The zero-order valence-corrected chi connectivity index (χ0v) is 13.9. The Bertz CT molecular complexity index is 640. The summed E-state index contributed by atoms with van der Waals surface area (Å²) in [6.07, 6.45) is 4.04. The van der Waals surface area contributed by atoms with Crippen molar-refractivity contribution in [2.24, 2.45) is 0 Å². The van der Waals surface area contributed by atoms with Crippen molar-refractivity contribution in [3.8, 4) is 5.75 Å². The third-order valence-corrected chi connectivity index (χ3v) is 3.65. The molecule has 0 unspecified atom stereocenters. The lowest BCUT2D eigenvalue weighted by Gasteiger charge is -2.08. The van der Waals surface area contributed by atoms with Crippen molar-refractivity contribution < 1.29 is 14.3 Å². The van der Waals surface area contributed by atoms with Crippen LogP contribution in [0.2, 0.25) is 0 Å². The molecule has 1 aromatic carbocycles. The van der Waals surface area contributed by atoms with Crippen LogP contribution in [0.15, 0.2) is 41.0 Å². The topological polar surface area (TPSA) is 58.6 Å². The molecular weight excluding hydrogens is 348 g/mol.